The maximum atomic E-state index is 5.05. The largest absolute Gasteiger partial charge is 0.385 e. The van der Waals surface area contributed by atoms with Gasteiger partial charge in [-0.25, -0.2) is 0 Å². The molecule has 0 unspecified atom stereocenters. The van der Waals surface area contributed by atoms with Gasteiger partial charge in [-0.15, -0.1) is 0 Å². The highest BCUT2D eigenvalue weighted by molar-refractivity contribution is 4.70. The van der Waals surface area contributed by atoms with Crippen molar-refractivity contribution in [2.45, 2.75) is 32.6 Å². The quantitative estimate of drug-likeness (QED) is 0.608. The Morgan fingerprint density at radius 3 is 2.54 bits per heavy atom. The Balaban J connectivity index is 2.03. The van der Waals surface area contributed by atoms with Crippen LogP contribution in [0.3, 0.4) is 0 Å². The smallest absolute Gasteiger partial charge is 0.0474 e. The van der Waals surface area contributed by atoms with E-state index in [0.29, 0.717) is 0 Å². The Labute approximate surface area is 82.3 Å². The van der Waals surface area contributed by atoms with Crippen molar-refractivity contribution >= 4 is 0 Å². The Kier molecular flexibility index (Phi) is 5.40. The average Bonchev–Trinajstić information content (AvgIpc) is 2.19. The van der Waals surface area contributed by atoms with Crippen molar-refractivity contribution in [3.63, 3.8) is 0 Å². The van der Waals surface area contributed by atoms with Crippen molar-refractivity contribution in [3.8, 4) is 0 Å². The zero-order valence-electron chi connectivity index (χ0n) is 9.09. The molecule has 1 aliphatic heterocycles. The second kappa shape index (κ2) is 6.39. The molecule has 2 nitrogen and oxygen atoms in total. The summed E-state index contributed by atoms with van der Waals surface area (Å²) in [7, 11) is 1.78. The first kappa shape index (κ1) is 11.0. The highest BCUT2D eigenvalue weighted by atomic mass is 16.5. The summed E-state index contributed by atoms with van der Waals surface area (Å²) < 4.78 is 5.05. The summed E-state index contributed by atoms with van der Waals surface area (Å²) in [6, 6.07) is 0. The van der Waals surface area contributed by atoms with Crippen molar-refractivity contribution in [1.29, 1.82) is 0 Å². The molecule has 1 rings (SSSR count). The van der Waals surface area contributed by atoms with E-state index in [2.05, 4.69) is 11.8 Å². The van der Waals surface area contributed by atoms with Crippen molar-refractivity contribution < 1.29 is 4.74 Å². The third kappa shape index (κ3) is 4.10. The van der Waals surface area contributed by atoms with Crippen LogP contribution in [0.15, 0.2) is 0 Å². The molecule has 1 heterocycles. The van der Waals surface area contributed by atoms with Gasteiger partial charge in [-0.05, 0) is 38.3 Å². The molecule has 1 aliphatic rings. The summed E-state index contributed by atoms with van der Waals surface area (Å²) in [6.45, 7) is 7.06. The van der Waals surface area contributed by atoms with Crippen LogP contribution in [-0.2, 0) is 4.74 Å². The highest BCUT2D eigenvalue weighted by Gasteiger charge is 2.16. The molecule has 0 bridgehead atoms. The van der Waals surface area contributed by atoms with Gasteiger partial charge in [0, 0.05) is 20.3 Å². The Morgan fingerprint density at radius 1 is 1.31 bits per heavy atom. The number of hydrogen-bond acceptors (Lipinski definition) is 2. The third-order valence-corrected chi connectivity index (χ3v) is 3.11. The molecule has 78 valence electrons. The summed E-state index contributed by atoms with van der Waals surface area (Å²) in [5.41, 5.74) is 0. The zero-order chi connectivity index (χ0) is 9.52. The first-order chi connectivity index (χ1) is 6.36. The van der Waals surface area contributed by atoms with Crippen LogP contribution in [0.25, 0.3) is 0 Å². The lowest BCUT2D eigenvalue weighted by Crippen LogP contribution is -2.34. The van der Waals surface area contributed by atoms with Crippen molar-refractivity contribution in [2.24, 2.45) is 5.92 Å². The number of methoxy groups -OCH3 is 1. The van der Waals surface area contributed by atoms with Gasteiger partial charge in [-0.2, -0.15) is 0 Å². The lowest BCUT2D eigenvalue weighted by molar-refractivity contribution is 0.145. The first-order valence-electron chi connectivity index (χ1n) is 5.58. The van der Waals surface area contributed by atoms with Gasteiger partial charge >= 0.3 is 0 Å². The lowest BCUT2D eigenvalue weighted by Gasteiger charge is -2.31. The van der Waals surface area contributed by atoms with E-state index in [1.807, 2.05) is 0 Å². The van der Waals surface area contributed by atoms with E-state index in [1.54, 1.807) is 7.11 Å². The van der Waals surface area contributed by atoms with E-state index in [0.717, 1.165) is 12.5 Å². The Morgan fingerprint density at radius 2 is 2.00 bits per heavy atom. The van der Waals surface area contributed by atoms with Crippen molar-refractivity contribution in [1.82, 2.24) is 4.90 Å². The number of rotatable bonds is 5. The summed E-state index contributed by atoms with van der Waals surface area (Å²) >= 11 is 0. The highest BCUT2D eigenvalue weighted by Crippen LogP contribution is 2.19. The summed E-state index contributed by atoms with van der Waals surface area (Å²) in [6.07, 6.45) is 5.37. The van der Waals surface area contributed by atoms with Crippen LogP contribution in [0, 0.1) is 5.92 Å². The van der Waals surface area contributed by atoms with E-state index in [1.165, 1.54) is 45.3 Å². The fourth-order valence-corrected chi connectivity index (χ4v) is 2.05. The maximum absolute atomic E-state index is 5.05. The fraction of sp³-hybridized carbons (Fsp3) is 1.00. The average molecular weight is 185 g/mol. The van der Waals surface area contributed by atoms with E-state index < -0.39 is 0 Å². The van der Waals surface area contributed by atoms with E-state index in [9.17, 15) is 0 Å². The fourth-order valence-electron chi connectivity index (χ4n) is 2.05. The van der Waals surface area contributed by atoms with Gasteiger partial charge in [-0.1, -0.05) is 13.3 Å². The summed E-state index contributed by atoms with van der Waals surface area (Å²) in [4.78, 5) is 2.57. The van der Waals surface area contributed by atoms with Gasteiger partial charge < -0.3 is 9.64 Å². The predicted octanol–water partition coefficient (Wildman–Crippen LogP) is 2.14. The summed E-state index contributed by atoms with van der Waals surface area (Å²) in [5, 5.41) is 0. The van der Waals surface area contributed by atoms with Crippen molar-refractivity contribution in [3.05, 3.63) is 0 Å². The zero-order valence-corrected chi connectivity index (χ0v) is 9.09. The summed E-state index contributed by atoms with van der Waals surface area (Å²) in [5.74, 6) is 0.999. The number of hydrogen-bond donors (Lipinski definition) is 0. The van der Waals surface area contributed by atoms with Gasteiger partial charge in [0.15, 0.2) is 0 Å². The van der Waals surface area contributed by atoms with Crippen LogP contribution >= 0.6 is 0 Å². The standard InChI is InChI=1S/C11H23NO/c1-3-11-5-8-12(9-6-11)7-4-10-13-2/h11H,3-10H2,1-2H3. The van der Waals surface area contributed by atoms with Crippen LogP contribution in [0.5, 0.6) is 0 Å². The second-order valence-electron chi connectivity index (χ2n) is 4.04. The van der Waals surface area contributed by atoms with Crippen molar-refractivity contribution in [2.75, 3.05) is 33.4 Å². The van der Waals surface area contributed by atoms with Crippen LogP contribution < -0.4 is 0 Å². The molecule has 0 aromatic heterocycles. The van der Waals surface area contributed by atoms with E-state index >= 15 is 0 Å². The number of nitrogens with zero attached hydrogens (tertiary/aromatic N) is 1. The molecule has 2 heteroatoms. The Hall–Kier alpha value is -0.0800. The molecule has 1 fully saturated rings. The third-order valence-electron chi connectivity index (χ3n) is 3.11. The van der Waals surface area contributed by atoms with Gasteiger partial charge in [-0.3, -0.25) is 0 Å². The predicted molar refractivity (Wildman–Crippen MR) is 55.9 cm³/mol. The molecule has 0 saturated carbocycles. The van der Waals surface area contributed by atoms with Crippen LogP contribution in [0.2, 0.25) is 0 Å². The topological polar surface area (TPSA) is 12.5 Å². The van der Waals surface area contributed by atoms with E-state index in [4.69, 9.17) is 4.74 Å². The minimum absolute atomic E-state index is 0.910. The molecule has 0 aromatic carbocycles. The molecule has 0 radical (unpaired) electrons. The van der Waals surface area contributed by atoms with Crippen LogP contribution in [-0.4, -0.2) is 38.3 Å². The minimum atomic E-state index is 0.910. The van der Waals surface area contributed by atoms with Gasteiger partial charge in [0.2, 0.25) is 0 Å². The Bertz CT molecular complexity index is 117. The molecular formula is C11H23NO. The van der Waals surface area contributed by atoms with Crippen LogP contribution in [0.1, 0.15) is 32.6 Å². The van der Waals surface area contributed by atoms with Gasteiger partial charge in [0.05, 0.1) is 0 Å². The number of piperidine rings is 1. The molecule has 0 aliphatic carbocycles. The normalized spacial score (nSPS) is 20.8. The first-order valence-corrected chi connectivity index (χ1v) is 5.58. The maximum Gasteiger partial charge on any atom is 0.0474 e. The number of ether oxygens (including phenoxy) is 1. The number of likely N-dealkylation sites (tertiary alicyclic amines) is 1. The molecule has 0 amide bonds. The monoisotopic (exact) mass is 185 g/mol. The molecule has 0 spiro atoms. The molecule has 0 aromatic rings. The molecule has 1 saturated heterocycles. The molecule has 0 atom stereocenters. The SMILES string of the molecule is CCC1CCN(CCCOC)CC1. The van der Waals surface area contributed by atoms with E-state index in [-0.39, 0.29) is 0 Å². The minimum Gasteiger partial charge on any atom is -0.385 e. The van der Waals surface area contributed by atoms with Gasteiger partial charge in [0.25, 0.3) is 0 Å². The lowest BCUT2D eigenvalue weighted by atomic mass is 9.94. The van der Waals surface area contributed by atoms with Gasteiger partial charge in [0.1, 0.15) is 0 Å². The second-order valence-corrected chi connectivity index (χ2v) is 4.04. The molecule has 0 N–H and O–H groups in total. The molecular weight excluding hydrogens is 162 g/mol. The van der Waals surface area contributed by atoms with Crippen LogP contribution in [0.4, 0.5) is 0 Å². The molecule has 13 heavy (non-hydrogen) atoms.